The fraction of sp³-hybridized carbons (Fsp3) is 0.944. The van der Waals surface area contributed by atoms with Crippen molar-refractivity contribution in [1.29, 1.82) is 5.41 Å². The van der Waals surface area contributed by atoms with Crippen molar-refractivity contribution in [3.63, 3.8) is 0 Å². The van der Waals surface area contributed by atoms with Crippen LogP contribution >= 0.6 is 58.8 Å². The van der Waals surface area contributed by atoms with Gasteiger partial charge in [0.1, 0.15) is 4.38 Å². The van der Waals surface area contributed by atoms with Crippen LogP contribution in [0.15, 0.2) is 0 Å². The van der Waals surface area contributed by atoms with Gasteiger partial charge in [-0.3, -0.25) is 5.41 Å². The summed E-state index contributed by atoms with van der Waals surface area (Å²) in [5.41, 5.74) is 0.447. The molecule has 0 aromatic carbocycles. The average Bonchev–Trinajstić information content (AvgIpc) is 3.27. The fourth-order valence-electron chi connectivity index (χ4n) is 3.29. The van der Waals surface area contributed by atoms with Crippen LogP contribution in [-0.2, 0) is 0 Å². The Kier molecular flexibility index (Phi) is 9.14. The third kappa shape index (κ3) is 7.58. The van der Waals surface area contributed by atoms with Crippen LogP contribution in [0.2, 0.25) is 0 Å². The first-order valence-electron chi connectivity index (χ1n) is 9.09. The van der Waals surface area contributed by atoms with Crippen LogP contribution in [0, 0.1) is 10.8 Å². The second-order valence-electron chi connectivity index (χ2n) is 7.66. The fourth-order valence-corrected chi connectivity index (χ4v) is 9.91. The second-order valence-corrected chi connectivity index (χ2v) is 14.2. The Morgan fingerprint density at radius 2 is 1.92 bits per heavy atom. The van der Waals surface area contributed by atoms with Crippen molar-refractivity contribution in [3.05, 3.63) is 0 Å². The summed E-state index contributed by atoms with van der Waals surface area (Å²) in [5, 5.41) is 9.34. The summed E-state index contributed by atoms with van der Waals surface area (Å²) in [4.78, 5) is 0. The molecule has 0 radical (unpaired) electrons. The Labute approximate surface area is 170 Å². The molecule has 0 spiro atoms. The molecule has 2 fully saturated rings. The molecule has 0 aromatic rings. The molecule has 2 saturated heterocycles. The van der Waals surface area contributed by atoms with Crippen molar-refractivity contribution in [2.75, 3.05) is 28.8 Å². The number of hydrogen-bond donors (Lipinski definition) is 1. The molecular weight excluding hydrogens is 391 g/mol. The van der Waals surface area contributed by atoms with Gasteiger partial charge in [0.25, 0.3) is 0 Å². The van der Waals surface area contributed by atoms with E-state index >= 15 is 0 Å². The standard InChI is InChI=1S/C18H33NS5/c1-5-7-18(4,23-11-14-9-21-14)12-17(3,6-2)13-20-8-15-10-22-16(19)24-15/h14-15,19H,5-13H2,1-4H3. The Balaban J connectivity index is 1.81. The topological polar surface area (TPSA) is 23.9 Å². The van der Waals surface area contributed by atoms with Gasteiger partial charge < -0.3 is 0 Å². The first-order valence-corrected chi connectivity index (χ1v) is 14.1. The number of hydrogen-bond acceptors (Lipinski definition) is 6. The molecule has 2 aliphatic rings. The van der Waals surface area contributed by atoms with E-state index in [1.807, 2.05) is 0 Å². The quantitative estimate of drug-likeness (QED) is 0.351. The van der Waals surface area contributed by atoms with Crippen LogP contribution in [0.5, 0.6) is 0 Å². The molecule has 2 aliphatic heterocycles. The maximum atomic E-state index is 7.74. The minimum atomic E-state index is 0.447. The lowest BCUT2D eigenvalue weighted by molar-refractivity contribution is 0.284. The van der Waals surface area contributed by atoms with Crippen molar-refractivity contribution >= 4 is 63.2 Å². The van der Waals surface area contributed by atoms with Gasteiger partial charge in [-0.05, 0) is 30.4 Å². The highest BCUT2D eigenvalue weighted by Gasteiger charge is 2.36. The SMILES string of the molecule is CCCC(C)(CC(C)(CC)CSCC1CSC(=N)S1)SCC1CS1. The molecule has 24 heavy (non-hydrogen) atoms. The monoisotopic (exact) mass is 423 g/mol. The summed E-state index contributed by atoms with van der Waals surface area (Å²) in [7, 11) is 0. The van der Waals surface area contributed by atoms with E-state index in [4.69, 9.17) is 5.41 Å². The number of thioether (sulfide) groups is 5. The van der Waals surface area contributed by atoms with Crippen molar-refractivity contribution in [3.8, 4) is 0 Å². The highest BCUT2D eigenvalue weighted by molar-refractivity contribution is 8.41. The minimum Gasteiger partial charge on any atom is -0.288 e. The Morgan fingerprint density at radius 1 is 1.17 bits per heavy atom. The van der Waals surface area contributed by atoms with E-state index < -0.39 is 0 Å². The summed E-state index contributed by atoms with van der Waals surface area (Å²) in [6.07, 6.45) is 5.27. The van der Waals surface area contributed by atoms with Gasteiger partial charge in [-0.1, -0.05) is 57.6 Å². The molecule has 4 atom stereocenters. The van der Waals surface area contributed by atoms with Crippen LogP contribution in [0.25, 0.3) is 0 Å². The molecule has 4 unspecified atom stereocenters. The second kappa shape index (κ2) is 10.1. The van der Waals surface area contributed by atoms with Crippen molar-refractivity contribution < 1.29 is 0 Å². The van der Waals surface area contributed by atoms with Crippen molar-refractivity contribution in [2.45, 2.75) is 68.6 Å². The van der Waals surface area contributed by atoms with Crippen LogP contribution in [0.4, 0.5) is 0 Å². The molecule has 140 valence electrons. The lowest BCUT2D eigenvalue weighted by Gasteiger charge is -2.39. The summed E-state index contributed by atoms with van der Waals surface area (Å²) in [6.45, 7) is 9.76. The van der Waals surface area contributed by atoms with E-state index in [0.717, 1.165) is 15.4 Å². The van der Waals surface area contributed by atoms with Gasteiger partial charge in [-0.25, -0.2) is 0 Å². The largest absolute Gasteiger partial charge is 0.288 e. The predicted molar refractivity (Wildman–Crippen MR) is 124 cm³/mol. The molecule has 1 nitrogen and oxygen atoms in total. The molecule has 0 aliphatic carbocycles. The summed E-state index contributed by atoms with van der Waals surface area (Å²) >= 11 is 10.0. The zero-order chi connectivity index (χ0) is 17.6. The molecule has 1 N–H and O–H groups in total. The zero-order valence-electron chi connectivity index (χ0n) is 15.6. The lowest BCUT2D eigenvalue weighted by Crippen LogP contribution is -2.33. The Morgan fingerprint density at radius 3 is 2.46 bits per heavy atom. The van der Waals surface area contributed by atoms with E-state index in [-0.39, 0.29) is 0 Å². The van der Waals surface area contributed by atoms with E-state index in [9.17, 15) is 0 Å². The molecule has 0 aromatic heterocycles. The third-order valence-electron chi connectivity index (χ3n) is 4.88. The van der Waals surface area contributed by atoms with E-state index in [1.54, 1.807) is 23.5 Å². The predicted octanol–water partition coefficient (Wildman–Crippen LogP) is 6.72. The smallest absolute Gasteiger partial charge is 0.122 e. The lowest BCUT2D eigenvalue weighted by atomic mass is 9.79. The first kappa shape index (κ1) is 21.7. The van der Waals surface area contributed by atoms with Crippen molar-refractivity contribution in [1.82, 2.24) is 0 Å². The van der Waals surface area contributed by atoms with Gasteiger partial charge in [0.2, 0.25) is 0 Å². The van der Waals surface area contributed by atoms with E-state index in [1.165, 1.54) is 48.7 Å². The Hall–Kier alpha value is 1.42. The summed E-state index contributed by atoms with van der Waals surface area (Å²) < 4.78 is 1.27. The molecule has 0 amide bonds. The normalized spacial score (nSPS) is 28.6. The van der Waals surface area contributed by atoms with Gasteiger partial charge in [0.05, 0.1) is 0 Å². The maximum absolute atomic E-state index is 7.74. The Bertz CT molecular complexity index is 414. The van der Waals surface area contributed by atoms with Gasteiger partial charge in [0.15, 0.2) is 0 Å². The highest BCUT2D eigenvalue weighted by atomic mass is 32.2. The maximum Gasteiger partial charge on any atom is 0.122 e. The molecule has 6 heteroatoms. The van der Waals surface area contributed by atoms with Crippen molar-refractivity contribution in [2.24, 2.45) is 5.41 Å². The van der Waals surface area contributed by atoms with Crippen LogP contribution in [0.3, 0.4) is 0 Å². The number of rotatable bonds is 12. The van der Waals surface area contributed by atoms with Gasteiger partial charge in [0, 0.05) is 38.3 Å². The average molecular weight is 424 g/mol. The van der Waals surface area contributed by atoms with E-state index in [2.05, 4.69) is 63.0 Å². The zero-order valence-corrected chi connectivity index (χ0v) is 19.6. The highest BCUT2D eigenvalue weighted by Crippen LogP contribution is 2.46. The molecular formula is C18H33NS5. The molecule has 0 bridgehead atoms. The van der Waals surface area contributed by atoms with Gasteiger partial charge in [-0.15, -0.1) is 0 Å². The van der Waals surface area contributed by atoms with Crippen LogP contribution in [0.1, 0.15) is 53.4 Å². The van der Waals surface area contributed by atoms with Gasteiger partial charge in [-0.2, -0.15) is 35.3 Å². The third-order valence-corrected chi connectivity index (χ3v) is 12.0. The number of nitrogens with one attached hydrogen (secondary N) is 1. The minimum absolute atomic E-state index is 0.447. The first-order chi connectivity index (χ1) is 11.4. The van der Waals surface area contributed by atoms with Crippen LogP contribution < -0.4 is 0 Å². The summed E-state index contributed by atoms with van der Waals surface area (Å²) in [6, 6.07) is 0. The molecule has 2 heterocycles. The molecule has 0 saturated carbocycles. The molecule has 2 rings (SSSR count). The van der Waals surface area contributed by atoms with E-state index in [0.29, 0.717) is 15.4 Å². The summed E-state index contributed by atoms with van der Waals surface area (Å²) in [5.74, 6) is 6.37. The van der Waals surface area contributed by atoms with Gasteiger partial charge >= 0.3 is 0 Å². The van der Waals surface area contributed by atoms with Crippen LogP contribution in [-0.4, -0.2) is 48.4 Å².